The Morgan fingerprint density at radius 2 is 1.75 bits per heavy atom. The Hall–Kier alpha value is -2.89. The van der Waals surface area contributed by atoms with Crippen LogP contribution in [-0.2, 0) is 10.0 Å². The molecular weight excluding hydrogens is 354 g/mol. The number of benzene rings is 2. The molecule has 0 saturated carbocycles. The maximum Gasteiger partial charge on any atom is 0.343 e. The molecule has 24 heavy (non-hydrogen) atoms. The highest BCUT2D eigenvalue weighted by Crippen LogP contribution is 2.15. The number of hydrogen-bond acceptors (Lipinski definition) is 5. The number of aromatic amines is 1. The van der Waals surface area contributed by atoms with Crippen molar-refractivity contribution >= 4 is 32.5 Å². The largest absolute Gasteiger partial charge is 0.343 e. The van der Waals surface area contributed by atoms with Crippen molar-refractivity contribution in [2.24, 2.45) is 0 Å². The van der Waals surface area contributed by atoms with Crippen molar-refractivity contribution in [3.63, 3.8) is 0 Å². The van der Waals surface area contributed by atoms with E-state index in [1.807, 2.05) is 6.07 Å². The Bertz CT molecular complexity index is 1220. The van der Waals surface area contributed by atoms with Crippen LogP contribution in [0, 0.1) is 11.3 Å². The van der Waals surface area contributed by atoms with Crippen LogP contribution >= 0.6 is 11.6 Å². The molecule has 0 atom stereocenters. The van der Waals surface area contributed by atoms with E-state index in [0.717, 1.165) is 12.1 Å². The van der Waals surface area contributed by atoms with Gasteiger partial charge in [-0.15, -0.1) is 3.97 Å². The topological polar surface area (TPSA) is 113 Å². The summed E-state index contributed by atoms with van der Waals surface area (Å²) in [6, 6.07) is 10.9. The Morgan fingerprint density at radius 1 is 1.08 bits per heavy atom. The summed E-state index contributed by atoms with van der Waals surface area (Å²) >= 11 is 5.80. The molecule has 0 amide bonds. The molecule has 0 unspecified atom stereocenters. The Morgan fingerprint density at radius 3 is 2.38 bits per heavy atom. The first kappa shape index (κ1) is 16.0. The van der Waals surface area contributed by atoms with Gasteiger partial charge in [0.25, 0.3) is 15.6 Å². The Labute approximate surface area is 140 Å². The zero-order valence-electron chi connectivity index (χ0n) is 11.9. The van der Waals surface area contributed by atoms with Gasteiger partial charge in [0, 0.05) is 5.02 Å². The maximum absolute atomic E-state index is 12.6. The van der Waals surface area contributed by atoms with Gasteiger partial charge in [-0.1, -0.05) is 11.6 Å². The van der Waals surface area contributed by atoms with Crippen molar-refractivity contribution in [2.45, 2.75) is 4.90 Å². The third-order valence-corrected chi connectivity index (χ3v) is 5.26. The molecule has 0 bridgehead atoms. The van der Waals surface area contributed by atoms with Crippen LogP contribution in [0.3, 0.4) is 0 Å². The molecule has 3 aromatic rings. The fourth-order valence-electron chi connectivity index (χ4n) is 2.20. The summed E-state index contributed by atoms with van der Waals surface area (Å²) in [5, 5.41) is 9.06. The Kier molecular flexibility index (Phi) is 3.75. The average molecular weight is 362 g/mol. The fraction of sp³-hybridized carbons (Fsp3) is 0. The predicted molar refractivity (Wildman–Crippen MR) is 87.6 cm³/mol. The number of hydrogen-bond donors (Lipinski definition) is 1. The minimum Gasteiger partial charge on any atom is -0.306 e. The van der Waals surface area contributed by atoms with Gasteiger partial charge < -0.3 is 4.98 Å². The molecule has 2 aromatic carbocycles. The van der Waals surface area contributed by atoms with Crippen molar-refractivity contribution in [1.29, 1.82) is 5.26 Å². The van der Waals surface area contributed by atoms with Crippen LogP contribution in [0.5, 0.6) is 0 Å². The molecule has 120 valence electrons. The summed E-state index contributed by atoms with van der Waals surface area (Å²) < 4.78 is 25.4. The van der Waals surface area contributed by atoms with E-state index in [0.29, 0.717) is 5.02 Å². The van der Waals surface area contributed by atoms with Crippen LogP contribution in [0.1, 0.15) is 5.56 Å². The lowest BCUT2D eigenvalue weighted by Crippen LogP contribution is -2.39. The standard InChI is InChI=1S/C15H8ClN3O4S/c16-10-3-6-12-13(7-10)18-15(21)19(14(12)20)24(22,23)11-4-1-9(8-17)2-5-11/h1-7H,(H,18,21). The number of fused-ring (bicyclic) bond motifs is 1. The van der Waals surface area contributed by atoms with E-state index in [-0.39, 0.29) is 25.3 Å². The molecule has 3 rings (SSSR count). The summed E-state index contributed by atoms with van der Waals surface area (Å²) in [6.07, 6.45) is 0. The van der Waals surface area contributed by atoms with E-state index < -0.39 is 21.3 Å². The zero-order chi connectivity index (χ0) is 17.5. The zero-order valence-corrected chi connectivity index (χ0v) is 13.4. The summed E-state index contributed by atoms with van der Waals surface area (Å²) in [4.78, 5) is 26.7. The quantitative estimate of drug-likeness (QED) is 0.742. The van der Waals surface area contributed by atoms with Gasteiger partial charge in [0.15, 0.2) is 0 Å². The third kappa shape index (κ3) is 2.50. The molecule has 1 heterocycles. The molecule has 7 nitrogen and oxygen atoms in total. The fourth-order valence-corrected chi connectivity index (χ4v) is 3.64. The smallest absolute Gasteiger partial charge is 0.306 e. The van der Waals surface area contributed by atoms with E-state index in [1.165, 1.54) is 30.3 Å². The van der Waals surface area contributed by atoms with Crippen molar-refractivity contribution in [2.75, 3.05) is 0 Å². The first-order valence-corrected chi connectivity index (χ1v) is 8.37. The summed E-state index contributed by atoms with van der Waals surface area (Å²) in [7, 11) is -4.41. The lowest BCUT2D eigenvalue weighted by Gasteiger charge is -2.08. The van der Waals surface area contributed by atoms with Crippen LogP contribution in [0.15, 0.2) is 56.9 Å². The number of H-pyrrole nitrogens is 1. The second-order valence-electron chi connectivity index (χ2n) is 4.83. The summed E-state index contributed by atoms with van der Waals surface area (Å²) in [5.74, 6) is 0. The van der Waals surface area contributed by atoms with Gasteiger partial charge in [0.05, 0.1) is 27.4 Å². The highest BCUT2D eigenvalue weighted by molar-refractivity contribution is 7.90. The number of nitrogens with zero attached hydrogens (tertiary/aromatic N) is 2. The number of aromatic nitrogens is 2. The van der Waals surface area contributed by atoms with Gasteiger partial charge in [-0.2, -0.15) is 5.26 Å². The van der Waals surface area contributed by atoms with E-state index in [1.54, 1.807) is 0 Å². The molecular formula is C15H8ClN3O4S. The molecule has 0 aliphatic heterocycles. The highest BCUT2D eigenvalue weighted by Gasteiger charge is 2.23. The van der Waals surface area contributed by atoms with Gasteiger partial charge in [0.1, 0.15) is 0 Å². The van der Waals surface area contributed by atoms with E-state index >= 15 is 0 Å². The molecule has 1 N–H and O–H groups in total. The number of nitriles is 1. The molecule has 1 aromatic heterocycles. The SMILES string of the molecule is N#Cc1ccc(S(=O)(=O)n2c(=O)[nH]c3cc(Cl)ccc3c2=O)cc1. The van der Waals surface area contributed by atoms with Gasteiger partial charge >= 0.3 is 5.69 Å². The van der Waals surface area contributed by atoms with Crippen molar-refractivity contribution < 1.29 is 8.42 Å². The molecule has 0 radical (unpaired) electrons. The molecule has 0 aliphatic carbocycles. The maximum atomic E-state index is 12.6. The van der Waals surface area contributed by atoms with Crippen molar-refractivity contribution in [1.82, 2.24) is 8.96 Å². The van der Waals surface area contributed by atoms with Crippen molar-refractivity contribution in [3.8, 4) is 6.07 Å². The molecule has 0 spiro atoms. The van der Waals surface area contributed by atoms with Crippen molar-refractivity contribution in [3.05, 3.63) is 73.9 Å². The monoisotopic (exact) mass is 361 g/mol. The lowest BCUT2D eigenvalue weighted by atomic mass is 10.2. The normalized spacial score (nSPS) is 11.3. The minimum atomic E-state index is -4.41. The number of halogens is 1. The van der Waals surface area contributed by atoms with Crippen LogP contribution in [0.2, 0.25) is 5.02 Å². The average Bonchev–Trinajstić information content (AvgIpc) is 2.54. The molecule has 0 saturated heterocycles. The summed E-state index contributed by atoms with van der Waals surface area (Å²) in [5.41, 5.74) is -1.68. The van der Waals surface area contributed by atoms with Crippen LogP contribution in [-0.4, -0.2) is 17.4 Å². The van der Waals surface area contributed by atoms with Crippen LogP contribution in [0.4, 0.5) is 0 Å². The molecule has 0 fully saturated rings. The number of nitrogens with one attached hydrogen (secondary N) is 1. The van der Waals surface area contributed by atoms with E-state index in [4.69, 9.17) is 16.9 Å². The molecule has 0 aliphatic rings. The van der Waals surface area contributed by atoms with Gasteiger partial charge in [0.2, 0.25) is 0 Å². The molecule has 9 heteroatoms. The highest BCUT2D eigenvalue weighted by atomic mass is 35.5. The van der Waals surface area contributed by atoms with E-state index in [2.05, 4.69) is 4.98 Å². The van der Waals surface area contributed by atoms with Gasteiger partial charge in [-0.25, -0.2) is 13.2 Å². The first-order chi connectivity index (χ1) is 11.3. The van der Waals surface area contributed by atoms with Gasteiger partial charge in [-0.05, 0) is 42.5 Å². The van der Waals surface area contributed by atoms with Crippen LogP contribution < -0.4 is 11.2 Å². The van der Waals surface area contributed by atoms with Gasteiger partial charge in [-0.3, -0.25) is 4.79 Å². The third-order valence-electron chi connectivity index (χ3n) is 3.34. The second-order valence-corrected chi connectivity index (χ2v) is 7.05. The van der Waals surface area contributed by atoms with Crippen LogP contribution in [0.25, 0.3) is 10.9 Å². The Balaban J connectivity index is 2.32. The lowest BCUT2D eigenvalue weighted by molar-refractivity contribution is 0.582. The van der Waals surface area contributed by atoms with E-state index in [9.17, 15) is 18.0 Å². The summed E-state index contributed by atoms with van der Waals surface area (Å²) in [6.45, 7) is 0. The first-order valence-electron chi connectivity index (χ1n) is 6.55. The predicted octanol–water partition coefficient (Wildman–Crippen LogP) is 1.45. The minimum absolute atomic E-state index is 0.0104. The number of rotatable bonds is 2. The second kappa shape index (κ2) is 5.63.